The Hall–Kier alpha value is -2.07. The fourth-order valence-electron chi connectivity index (χ4n) is 2.27. The summed E-state index contributed by atoms with van der Waals surface area (Å²) < 4.78 is 13.4. The van der Waals surface area contributed by atoms with Gasteiger partial charge < -0.3 is 14.8 Å². The lowest BCUT2D eigenvalue weighted by atomic mass is 10.2. The van der Waals surface area contributed by atoms with E-state index in [9.17, 15) is 4.79 Å². The number of carbonyl (C=O) groups excluding carboxylic acids is 1. The number of thioether (sulfide) groups is 1. The number of aromatic nitrogens is 2. The first-order chi connectivity index (χ1) is 13.5. The Morgan fingerprint density at radius 2 is 1.86 bits per heavy atom. The number of amides is 1. The molecular weight excluding hydrogens is 438 g/mol. The molecule has 0 aliphatic heterocycles. The van der Waals surface area contributed by atoms with Crippen molar-refractivity contribution in [3.05, 3.63) is 51.4 Å². The van der Waals surface area contributed by atoms with Crippen LogP contribution in [0.15, 0.2) is 46.8 Å². The zero-order chi connectivity index (χ0) is 20.1. The second kappa shape index (κ2) is 9.42. The van der Waals surface area contributed by atoms with E-state index in [0.717, 1.165) is 5.69 Å². The molecule has 0 aliphatic carbocycles. The van der Waals surface area contributed by atoms with Gasteiger partial charge in [0.15, 0.2) is 8.29 Å². The molecule has 1 N–H and O–H groups in total. The topological polar surface area (TPSA) is 65.4 Å². The predicted molar refractivity (Wildman–Crippen MR) is 116 cm³/mol. The maximum Gasteiger partial charge on any atom is 0.234 e. The van der Waals surface area contributed by atoms with E-state index in [4.69, 9.17) is 33.3 Å². The molecule has 10 heteroatoms. The van der Waals surface area contributed by atoms with E-state index >= 15 is 0 Å². The molecule has 1 amide bonds. The number of benzene rings is 2. The highest BCUT2D eigenvalue weighted by Gasteiger charge is 2.11. The maximum absolute atomic E-state index is 12.3. The van der Waals surface area contributed by atoms with Crippen molar-refractivity contribution >= 4 is 58.5 Å². The summed E-state index contributed by atoms with van der Waals surface area (Å²) in [5.74, 6) is 1.23. The summed E-state index contributed by atoms with van der Waals surface area (Å²) >= 11 is 14.0. The van der Waals surface area contributed by atoms with E-state index < -0.39 is 0 Å². The second-order valence-electron chi connectivity index (χ2n) is 5.46. The average molecular weight is 454 g/mol. The molecule has 146 valence electrons. The number of hydrogen-bond acceptors (Lipinski definition) is 7. The molecule has 0 radical (unpaired) electrons. The van der Waals surface area contributed by atoms with Gasteiger partial charge in [-0.2, -0.15) is 0 Å². The minimum atomic E-state index is -0.167. The van der Waals surface area contributed by atoms with E-state index in [2.05, 4.69) is 10.4 Å². The molecule has 0 spiro atoms. The van der Waals surface area contributed by atoms with Gasteiger partial charge in [-0.15, -0.1) is 5.10 Å². The number of methoxy groups -OCH3 is 2. The minimum absolute atomic E-state index is 0.167. The highest BCUT2D eigenvalue weighted by Crippen LogP contribution is 2.27. The van der Waals surface area contributed by atoms with Gasteiger partial charge in [0.2, 0.25) is 5.91 Å². The molecule has 0 unspecified atom stereocenters. The van der Waals surface area contributed by atoms with E-state index in [1.807, 2.05) is 12.1 Å². The lowest BCUT2D eigenvalue weighted by molar-refractivity contribution is -0.113. The van der Waals surface area contributed by atoms with Crippen LogP contribution in [0.3, 0.4) is 0 Å². The quantitative estimate of drug-likeness (QED) is 0.398. The number of ether oxygens (including phenoxy) is 2. The van der Waals surface area contributed by atoms with Gasteiger partial charge in [0.1, 0.15) is 11.5 Å². The van der Waals surface area contributed by atoms with Crippen LogP contribution in [0.4, 0.5) is 5.69 Å². The van der Waals surface area contributed by atoms with E-state index in [1.54, 1.807) is 49.2 Å². The lowest BCUT2D eigenvalue weighted by Crippen LogP contribution is -2.14. The minimum Gasteiger partial charge on any atom is -0.497 e. The first-order valence-electron chi connectivity index (χ1n) is 8.00. The summed E-state index contributed by atoms with van der Waals surface area (Å²) in [6.45, 7) is 0. The molecule has 2 aromatic carbocycles. The lowest BCUT2D eigenvalue weighted by Gasteiger charge is -2.09. The van der Waals surface area contributed by atoms with Gasteiger partial charge in [-0.05, 0) is 36.5 Å². The van der Waals surface area contributed by atoms with Crippen LogP contribution in [0.25, 0.3) is 5.69 Å². The van der Waals surface area contributed by atoms with E-state index in [1.165, 1.54) is 23.1 Å². The van der Waals surface area contributed by atoms with Crippen molar-refractivity contribution < 1.29 is 14.3 Å². The largest absolute Gasteiger partial charge is 0.497 e. The Kier molecular flexibility index (Phi) is 6.95. The Morgan fingerprint density at radius 1 is 1.21 bits per heavy atom. The fourth-order valence-corrected chi connectivity index (χ4v) is 4.56. The molecule has 0 saturated carbocycles. The first kappa shape index (κ1) is 20.7. The SMILES string of the molecule is COc1cc(NC(=O)CSc2nn(-c3ccc(Cl)cc3)c(=S)s2)cc(OC)c1. The van der Waals surface area contributed by atoms with Crippen LogP contribution in [0.5, 0.6) is 11.5 Å². The number of anilines is 1. The summed E-state index contributed by atoms with van der Waals surface area (Å²) in [6.07, 6.45) is 0. The molecule has 0 aliphatic rings. The highest BCUT2D eigenvalue weighted by atomic mass is 35.5. The number of carbonyl (C=O) groups is 1. The molecule has 0 bridgehead atoms. The third kappa shape index (κ3) is 5.26. The molecule has 1 aromatic heterocycles. The van der Waals surface area contributed by atoms with Crippen LogP contribution in [0.1, 0.15) is 0 Å². The Bertz CT molecular complexity index is 1010. The summed E-state index contributed by atoms with van der Waals surface area (Å²) in [5.41, 5.74) is 1.42. The standard InChI is InChI=1S/C18H16ClN3O3S3/c1-24-14-7-12(8-15(9-14)25-2)20-16(23)10-27-17-21-22(18(26)28-17)13-5-3-11(19)4-6-13/h3-9H,10H2,1-2H3,(H,20,23). The normalized spacial score (nSPS) is 10.5. The molecule has 3 aromatic rings. The molecule has 28 heavy (non-hydrogen) atoms. The molecular formula is C18H16ClN3O3S3. The summed E-state index contributed by atoms with van der Waals surface area (Å²) in [7, 11) is 3.11. The monoisotopic (exact) mass is 453 g/mol. The molecule has 0 atom stereocenters. The zero-order valence-corrected chi connectivity index (χ0v) is 18.2. The fraction of sp³-hybridized carbons (Fsp3) is 0.167. The predicted octanol–water partition coefficient (Wildman–Crippen LogP) is 5.06. The van der Waals surface area contributed by atoms with Crippen LogP contribution in [0.2, 0.25) is 5.02 Å². The van der Waals surface area contributed by atoms with Crippen molar-refractivity contribution in [1.82, 2.24) is 9.78 Å². The zero-order valence-electron chi connectivity index (χ0n) is 15.0. The summed E-state index contributed by atoms with van der Waals surface area (Å²) in [5, 5.41) is 7.95. The number of nitrogens with zero attached hydrogens (tertiary/aromatic N) is 2. The van der Waals surface area contributed by atoms with E-state index in [-0.39, 0.29) is 11.7 Å². The summed E-state index contributed by atoms with van der Waals surface area (Å²) in [6, 6.07) is 12.4. The average Bonchev–Trinajstić information content (AvgIpc) is 3.07. The number of nitrogens with one attached hydrogen (secondary N) is 1. The van der Waals surface area contributed by atoms with Gasteiger partial charge in [-0.1, -0.05) is 34.7 Å². The molecule has 0 fully saturated rings. The van der Waals surface area contributed by atoms with Crippen LogP contribution >= 0.6 is 46.9 Å². The third-order valence-corrected chi connectivity index (χ3v) is 6.18. The second-order valence-corrected chi connectivity index (χ2v) is 8.74. The summed E-state index contributed by atoms with van der Waals surface area (Å²) in [4.78, 5) is 12.3. The van der Waals surface area contributed by atoms with Crippen molar-refractivity contribution in [1.29, 1.82) is 0 Å². The van der Waals surface area contributed by atoms with E-state index in [0.29, 0.717) is 30.5 Å². The molecule has 6 nitrogen and oxygen atoms in total. The van der Waals surface area contributed by atoms with Gasteiger partial charge in [0.25, 0.3) is 0 Å². The smallest absolute Gasteiger partial charge is 0.234 e. The van der Waals surface area contributed by atoms with Crippen LogP contribution < -0.4 is 14.8 Å². The number of rotatable bonds is 7. The van der Waals surface area contributed by atoms with Crippen molar-refractivity contribution in [2.24, 2.45) is 0 Å². The highest BCUT2D eigenvalue weighted by molar-refractivity contribution is 8.01. The Labute approximate surface area is 180 Å². The van der Waals surface area contributed by atoms with Crippen molar-refractivity contribution in [2.75, 3.05) is 25.3 Å². The molecule has 0 saturated heterocycles. The molecule has 1 heterocycles. The Balaban J connectivity index is 1.64. The third-order valence-electron chi connectivity index (χ3n) is 3.56. The van der Waals surface area contributed by atoms with Gasteiger partial charge in [0.05, 0.1) is 25.7 Å². The number of halogens is 1. The number of hydrogen-bond donors (Lipinski definition) is 1. The first-order valence-corrected chi connectivity index (χ1v) is 10.6. The van der Waals surface area contributed by atoms with Crippen molar-refractivity contribution in [3.8, 4) is 17.2 Å². The maximum atomic E-state index is 12.3. The van der Waals surface area contributed by atoms with Gasteiger partial charge >= 0.3 is 0 Å². The van der Waals surface area contributed by atoms with Crippen LogP contribution in [-0.2, 0) is 4.79 Å². The van der Waals surface area contributed by atoms with Crippen LogP contribution in [-0.4, -0.2) is 35.7 Å². The van der Waals surface area contributed by atoms with Gasteiger partial charge in [-0.25, -0.2) is 4.68 Å². The molecule has 3 rings (SSSR count). The van der Waals surface area contributed by atoms with Gasteiger partial charge in [-0.3, -0.25) is 4.79 Å². The Morgan fingerprint density at radius 3 is 2.46 bits per heavy atom. The van der Waals surface area contributed by atoms with Crippen LogP contribution in [0, 0.1) is 3.95 Å². The van der Waals surface area contributed by atoms with Crippen molar-refractivity contribution in [2.45, 2.75) is 4.34 Å². The van der Waals surface area contributed by atoms with Gasteiger partial charge in [0, 0.05) is 28.9 Å². The van der Waals surface area contributed by atoms with Crippen molar-refractivity contribution in [3.63, 3.8) is 0 Å².